The zero-order valence-electron chi connectivity index (χ0n) is 12.6. The number of hydrogen-bond acceptors (Lipinski definition) is 4. The first kappa shape index (κ1) is 15.9. The molecule has 4 nitrogen and oxygen atoms in total. The Morgan fingerprint density at radius 2 is 1.83 bits per heavy atom. The molecule has 0 aliphatic carbocycles. The van der Waals surface area contributed by atoms with Gasteiger partial charge in [0.2, 0.25) is 0 Å². The van der Waals surface area contributed by atoms with Crippen LogP contribution < -0.4 is 5.73 Å². The summed E-state index contributed by atoms with van der Waals surface area (Å²) in [5.74, 6) is 0.514. The van der Waals surface area contributed by atoms with Gasteiger partial charge in [-0.15, -0.1) is 0 Å². The molecule has 1 atom stereocenters. The summed E-state index contributed by atoms with van der Waals surface area (Å²) >= 11 is 0. The number of methoxy groups -OCH3 is 1. The SMILES string of the molecule is CCCN1CCN(C(CN)(COC)C(C)C)CC1. The first-order valence-corrected chi connectivity index (χ1v) is 7.27. The average molecular weight is 257 g/mol. The van der Waals surface area contributed by atoms with Crippen LogP contribution in [0.3, 0.4) is 0 Å². The van der Waals surface area contributed by atoms with Crippen LogP contribution in [0.25, 0.3) is 0 Å². The summed E-state index contributed by atoms with van der Waals surface area (Å²) in [6, 6.07) is 0. The van der Waals surface area contributed by atoms with Crippen molar-refractivity contribution in [2.75, 3.05) is 53.0 Å². The summed E-state index contributed by atoms with van der Waals surface area (Å²) in [5.41, 5.74) is 6.09. The van der Waals surface area contributed by atoms with Crippen molar-refractivity contribution in [3.63, 3.8) is 0 Å². The Hall–Kier alpha value is -0.160. The molecule has 0 amide bonds. The van der Waals surface area contributed by atoms with Crippen LogP contribution in [-0.4, -0.2) is 68.3 Å². The predicted octanol–water partition coefficient (Wildman–Crippen LogP) is 1.01. The topological polar surface area (TPSA) is 41.7 Å². The van der Waals surface area contributed by atoms with Crippen LogP contribution in [-0.2, 0) is 4.74 Å². The smallest absolute Gasteiger partial charge is 0.0661 e. The van der Waals surface area contributed by atoms with Crippen molar-refractivity contribution in [3.8, 4) is 0 Å². The van der Waals surface area contributed by atoms with Crippen LogP contribution in [0.4, 0.5) is 0 Å². The van der Waals surface area contributed by atoms with Gasteiger partial charge in [0.25, 0.3) is 0 Å². The number of hydrogen-bond donors (Lipinski definition) is 1. The van der Waals surface area contributed by atoms with Gasteiger partial charge in [0.1, 0.15) is 0 Å². The zero-order valence-corrected chi connectivity index (χ0v) is 12.6. The van der Waals surface area contributed by atoms with Crippen molar-refractivity contribution in [2.45, 2.75) is 32.7 Å². The Balaban J connectivity index is 2.65. The zero-order chi connectivity index (χ0) is 13.6. The highest BCUT2D eigenvalue weighted by Gasteiger charge is 2.39. The fourth-order valence-corrected chi connectivity index (χ4v) is 3.03. The van der Waals surface area contributed by atoms with Gasteiger partial charge >= 0.3 is 0 Å². The minimum atomic E-state index is 0.00700. The molecule has 0 saturated carbocycles. The Bertz CT molecular complexity index is 227. The van der Waals surface area contributed by atoms with Crippen molar-refractivity contribution in [2.24, 2.45) is 11.7 Å². The molecule has 1 aliphatic heterocycles. The molecule has 1 saturated heterocycles. The summed E-state index contributed by atoms with van der Waals surface area (Å²) < 4.78 is 5.45. The highest BCUT2D eigenvalue weighted by atomic mass is 16.5. The van der Waals surface area contributed by atoms with E-state index in [2.05, 4.69) is 30.6 Å². The molecule has 0 aromatic carbocycles. The van der Waals surface area contributed by atoms with Crippen molar-refractivity contribution in [1.29, 1.82) is 0 Å². The maximum atomic E-state index is 6.08. The summed E-state index contributed by atoms with van der Waals surface area (Å²) in [5, 5.41) is 0. The minimum Gasteiger partial charge on any atom is -0.383 e. The van der Waals surface area contributed by atoms with Crippen LogP contribution in [0.2, 0.25) is 0 Å². The first-order valence-electron chi connectivity index (χ1n) is 7.27. The van der Waals surface area contributed by atoms with E-state index in [0.29, 0.717) is 12.5 Å². The van der Waals surface area contributed by atoms with Crippen molar-refractivity contribution in [3.05, 3.63) is 0 Å². The van der Waals surface area contributed by atoms with E-state index in [-0.39, 0.29) is 5.54 Å². The second-order valence-corrected chi connectivity index (χ2v) is 5.72. The van der Waals surface area contributed by atoms with Crippen molar-refractivity contribution >= 4 is 0 Å². The highest BCUT2D eigenvalue weighted by Crippen LogP contribution is 2.26. The molecule has 0 bridgehead atoms. The monoisotopic (exact) mass is 257 g/mol. The van der Waals surface area contributed by atoms with E-state index < -0.39 is 0 Å². The van der Waals surface area contributed by atoms with E-state index >= 15 is 0 Å². The van der Waals surface area contributed by atoms with Gasteiger partial charge in [-0.1, -0.05) is 20.8 Å². The van der Waals surface area contributed by atoms with Crippen LogP contribution in [0, 0.1) is 5.92 Å². The molecule has 0 spiro atoms. The molecule has 1 aliphatic rings. The number of piperazine rings is 1. The third kappa shape index (κ3) is 3.44. The predicted molar refractivity (Wildman–Crippen MR) is 76.8 cm³/mol. The Labute approximate surface area is 112 Å². The molecule has 0 aromatic heterocycles. The summed E-state index contributed by atoms with van der Waals surface area (Å²) in [6.45, 7) is 13.9. The molecular formula is C14H31N3O. The van der Waals surface area contributed by atoms with Gasteiger partial charge in [0, 0.05) is 39.8 Å². The minimum absolute atomic E-state index is 0.00700. The lowest BCUT2D eigenvalue weighted by molar-refractivity contribution is -0.0396. The summed E-state index contributed by atoms with van der Waals surface area (Å²) in [4.78, 5) is 5.10. The maximum Gasteiger partial charge on any atom is 0.0661 e. The van der Waals surface area contributed by atoms with Crippen LogP contribution >= 0.6 is 0 Å². The van der Waals surface area contributed by atoms with Gasteiger partial charge in [-0.2, -0.15) is 0 Å². The summed E-state index contributed by atoms with van der Waals surface area (Å²) in [6.07, 6.45) is 1.24. The maximum absolute atomic E-state index is 6.08. The quantitative estimate of drug-likeness (QED) is 0.739. The van der Waals surface area contributed by atoms with E-state index in [9.17, 15) is 0 Å². The molecule has 1 rings (SSSR count). The van der Waals surface area contributed by atoms with Gasteiger partial charge in [-0.3, -0.25) is 4.90 Å². The third-order valence-electron chi connectivity index (χ3n) is 4.36. The van der Waals surface area contributed by atoms with Gasteiger partial charge in [0.05, 0.1) is 12.1 Å². The van der Waals surface area contributed by atoms with E-state index in [1.54, 1.807) is 7.11 Å². The lowest BCUT2D eigenvalue weighted by atomic mass is 9.84. The van der Waals surface area contributed by atoms with Gasteiger partial charge in [-0.25, -0.2) is 0 Å². The standard InChI is InChI=1S/C14H31N3O/c1-5-6-16-7-9-17(10-8-16)14(11-15,12-18-4)13(2)3/h13H,5-12,15H2,1-4H3. The highest BCUT2D eigenvalue weighted by molar-refractivity contribution is 4.96. The molecule has 108 valence electrons. The van der Waals surface area contributed by atoms with E-state index in [0.717, 1.165) is 32.8 Å². The molecule has 1 heterocycles. The first-order chi connectivity index (χ1) is 8.60. The van der Waals surface area contributed by atoms with Crippen LogP contribution in [0.1, 0.15) is 27.2 Å². The third-order valence-corrected chi connectivity index (χ3v) is 4.36. The normalized spacial score (nSPS) is 22.3. The molecule has 1 fully saturated rings. The number of nitrogens with zero attached hydrogens (tertiary/aromatic N) is 2. The Morgan fingerprint density at radius 3 is 2.22 bits per heavy atom. The van der Waals surface area contributed by atoms with E-state index in [1.165, 1.54) is 13.0 Å². The largest absolute Gasteiger partial charge is 0.383 e. The number of nitrogens with two attached hydrogens (primary N) is 1. The lowest BCUT2D eigenvalue weighted by Crippen LogP contribution is -2.64. The van der Waals surface area contributed by atoms with Gasteiger partial charge in [-0.05, 0) is 18.9 Å². The molecule has 0 radical (unpaired) electrons. The van der Waals surface area contributed by atoms with Crippen LogP contribution in [0.15, 0.2) is 0 Å². The average Bonchev–Trinajstić information content (AvgIpc) is 2.37. The van der Waals surface area contributed by atoms with Crippen molar-refractivity contribution in [1.82, 2.24) is 9.80 Å². The Morgan fingerprint density at radius 1 is 1.22 bits per heavy atom. The molecule has 18 heavy (non-hydrogen) atoms. The fraction of sp³-hybridized carbons (Fsp3) is 1.00. The van der Waals surface area contributed by atoms with Crippen molar-refractivity contribution < 1.29 is 4.74 Å². The molecular weight excluding hydrogens is 226 g/mol. The van der Waals surface area contributed by atoms with Gasteiger partial charge < -0.3 is 15.4 Å². The second-order valence-electron chi connectivity index (χ2n) is 5.72. The fourth-order valence-electron chi connectivity index (χ4n) is 3.03. The Kier molecular flexibility index (Phi) is 6.57. The van der Waals surface area contributed by atoms with E-state index in [1.807, 2.05) is 0 Å². The molecule has 4 heteroatoms. The number of ether oxygens (including phenoxy) is 1. The summed E-state index contributed by atoms with van der Waals surface area (Å²) in [7, 11) is 1.78. The molecule has 1 unspecified atom stereocenters. The molecule has 0 aromatic rings. The van der Waals surface area contributed by atoms with Gasteiger partial charge in [0.15, 0.2) is 0 Å². The second kappa shape index (κ2) is 7.43. The van der Waals surface area contributed by atoms with E-state index in [4.69, 9.17) is 10.5 Å². The number of rotatable bonds is 7. The molecule has 2 N–H and O–H groups in total. The lowest BCUT2D eigenvalue weighted by Gasteiger charge is -2.49. The van der Waals surface area contributed by atoms with Crippen LogP contribution in [0.5, 0.6) is 0 Å².